The molecular weight excluding hydrogens is 368 g/mol. The van der Waals surface area contributed by atoms with Crippen LogP contribution in [0.25, 0.3) is 0 Å². The third-order valence-electron chi connectivity index (χ3n) is 3.94. The van der Waals surface area contributed by atoms with E-state index in [4.69, 9.17) is 11.6 Å². The van der Waals surface area contributed by atoms with Crippen molar-refractivity contribution in [2.45, 2.75) is 24.3 Å². The molecule has 1 aromatic carbocycles. The number of carbonyl (C=O) groups excluding carboxylic acids is 1. The van der Waals surface area contributed by atoms with Crippen LogP contribution in [0.1, 0.15) is 17.7 Å². The molecule has 2 aromatic rings. The third kappa shape index (κ3) is 3.49. The molecule has 1 fully saturated rings. The number of hydrogen-bond acceptors (Lipinski definition) is 4. The summed E-state index contributed by atoms with van der Waals surface area (Å²) in [6, 6.07) is 10.0. The Balaban J connectivity index is 1.77. The molecule has 5 nitrogen and oxygen atoms in total. The van der Waals surface area contributed by atoms with Gasteiger partial charge in [-0.2, -0.15) is 4.31 Å². The lowest BCUT2D eigenvalue weighted by Gasteiger charge is -2.18. The van der Waals surface area contributed by atoms with Crippen LogP contribution in [-0.2, 0) is 21.4 Å². The number of anilines is 1. The number of nitrogens with zero attached hydrogens (tertiary/aromatic N) is 2. The molecule has 1 aliphatic rings. The number of amides is 1. The van der Waals surface area contributed by atoms with Crippen LogP contribution in [0, 0.1) is 0 Å². The number of hydrogen-bond donors (Lipinski definition) is 0. The average molecular weight is 385 g/mol. The summed E-state index contributed by atoms with van der Waals surface area (Å²) in [7, 11) is -2.05. The summed E-state index contributed by atoms with van der Waals surface area (Å²) in [5.41, 5.74) is 0.740. The molecule has 0 bridgehead atoms. The maximum Gasteiger partial charge on any atom is 0.243 e. The fourth-order valence-electron chi connectivity index (χ4n) is 2.64. The quantitative estimate of drug-likeness (QED) is 0.794. The zero-order chi connectivity index (χ0) is 17.3. The molecule has 1 aliphatic heterocycles. The van der Waals surface area contributed by atoms with Gasteiger partial charge in [0, 0.05) is 37.1 Å². The summed E-state index contributed by atoms with van der Waals surface area (Å²) in [6.07, 6.45) is 1.39. The SMILES string of the molecule is CN(Cc1ccc(Cl)s1)S(=O)(=O)c1ccc(N2CCCC2=O)cc1. The van der Waals surface area contributed by atoms with E-state index in [2.05, 4.69) is 0 Å². The average Bonchev–Trinajstić information content (AvgIpc) is 3.16. The summed E-state index contributed by atoms with van der Waals surface area (Å²) in [5, 5.41) is 0. The minimum Gasteiger partial charge on any atom is -0.312 e. The predicted octanol–water partition coefficient (Wildman–Crippen LogP) is 3.35. The minimum absolute atomic E-state index is 0.0808. The maximum absolute atomic E-state index is 12.7. The summed E-state index contributed by atoms with van der Waals surface area (Å²) < 4.78 is 27.2. The van der Waals surface area contributed by atoms with Crippen molar-refractivity contribution in [1.29, 1.82) is 0 Å². The molecule has 0 aliphatic carbocycles. The lowest BCUT2D eigenvalue weighted by molar-refractivity contribution is -0.117. The molecule has 1 saturated heterocycles. The molecule has 2 heterocycles. The number of sulfonamides is 1. The molecule has 0 unspecified atom stereocenters. The molecule has 0 saturated carbocycles. The lowest BCUT2D eigenvalue weighted by Crippen LogP contribution is -2.26. The topological polar surface area (TPSA) is 57.7 Å². The zero-order valence-corrected chi connectivity index (χ0v) is 15.5. The fourth-order valence-corrected chi connectivity index (χ4v) is 5.01. The first kappa shape index (κ1) is 17.4. The Labute approximate surface area is 150 Å². The smallest absolute Gasteiger partial charge is 0.243 e. The van der Waals surface area contributed by atoms with Crippen LogP contribution < -0.4 is 4.90 Å². The van der Waals surface area contributed by atoms with Crippen molar-refractivity contribution in [3.63, 3.8) is 0 Å². The van der Waals surface area contributed by atoms with Crippen molar-refractivity contribution >= 4 is 44.6 Å². The standard InChI is InChI=1S/C16H17ClN2O3S2/c1-18(11-13-6-9-15(17)23-13)24(21,22)14-7-4-12(5-8-14)19-10-2-3-16(19)20/h4-9H,2-3,10-11H2,1H3. The van der Waals surface area contributed by atoms with Crippen LogP contribution in [0.3, 0.4) is 0 Å². The molecule has 1 amide bonds. The summed E-state index contributed by atoms with van der Waals surface area (Å²) in [6.45, 7) is 0.954. The highest BCUT2D eigenvalue weighted by atomic mass is 35.5. The van der Waals surface area contributed by atoms with Gasteiger partial charge >= 0.3 is 0 Å². The van der Waals surface area contributed by atoms with Crippen LogP contribution in [0.4, 0.5) is 5.69 Å². The Morgan fingerprint density at radius 3 is 2.46 bits per heavy atom. The molecule has 24 heavy (non-hydrogen) atoms. The first-order chi connectivity index (χ1) is 11.4. The molecule has 0 radical (unpaired) electrons. The first-order valence-corrected chi connectivity index (χ1v) is 10.1. The number of benzene rings is 1. The van der Waals surface area contributed by atoms with E-state index in [0.717, 1.165) is 17.0 Å². The van der Waals surface area contributed by atoms with E-state index in [9.17, 15) is 13.2 Å². The van der Waals surface area contributed by atoms with Gasteiger partial charge < -0.3 is 4.90 Å². The van der Waals surface area contributed by atoms with Crippen molar-refractivity contribution < 1.29 is 13.2 Å². The normalized spacial score (nSPS) is 15.5. The molecule has 8 heteroatoms. The van der Waals surface area contributed by atoms with Gasteiger partial charge in [-0.1, -0.05) is 11.6 Å². The van der Waals surface area contributed by atoms with Gasteiger partial charge in [0.15, 0.2) is 0 Å². The summed E-state index contributed by atoms with van der Waals surface area (Å²) in [5.74, 6) is 0.0808. The Morgan fingerprint density at radius 2 is 1.92 bits per heavy atom. The van der Waals surface area contributed by atoms with Crippen LogP contribution in [-0.4, -0.2) is 32.2 Å². The molecular formula is C16H17ClN2O3S2. The number of carbonyl (C=O) groups is 1. The number of halogens is 1. The van der Waals surface area contributed by atoms with E-state index in [0.29, 0.717) is 17.3 Å². The van der Waals surface area contributed by atoms with E-state index < -0.39 is 10.0 Å². The zero-order valence-electron chi connectivity index (χ0n) is 13.1. The van der Waals surface area contributed by atoms with Crippen molar-refractivity contribution in [2.75, 3.05) is 18.5 Å². The van der Waals surface area contributed by atoms with Crippen LogP contribution in [0.2, 0.25) is 4.34 Å². The van der Waals surface area contributed by atoms with E-state index in [1.165, 1.54) is 15.6 Å². The lowest BCUT2D eigenvalue weighted by atomic mass is 10.3. The Kier molecular flexibility index (Phi) is 4.96. The number of rotatable bonds is 5. The summed E-state index contributed by atoms with van der Waals surface area (Å²) in [4.78, 5) is 14.5. The van der Waals surface area contributed by atoms with Gasteiger partial charge in [0.2, 0.25) is 15.9 Å². The molecule has 128 valence electrons. The van der Waals surface area contributed by atoms with Crippen LogP contribution >= 0.6 is 22.9 Å². The second-order valence-electron chi connectivity index (χ2n) is 5.61. The van der Waals surface area contributed by atoms with Gasteiger partial charge in [0.05, 0.1) is 9.23 Å². The van der Waals surface area contributed by atoms with Crippen LogP contribution in [0.15, 0.2) is 41.3 Å². The van der Waals surface area contributed by atoms with Crippen molar-refractivity contribution in [2.24, 2.45) is 0 Å². The van der Waals surface area contributed by atoms with E-state index in [-0.39, 0.29) is 17.3 Å². The minimum atomic E-state index is -3.59. The van der Waals surface area contributed by atoms with E-state index in [1.54, 1.807) is 42.3 Å². The highest BCUT2D eigenvalue weighted by molar-refractivity contribution is 7.89. The molecule has 0 spiro atoms. The molecule has 0 N–H and O–H groups in total. The highest BCUT2D eigenvalue weighted by Gasteiger charge is 2.24. The van der Waals surface area contributed by atoms with Gasteiger partial charge in [-0.25, -0.2) is 8.42 Å². The Hall–Kier alpha value is -1.41. The van der Waals surface area contributed by atoms with Gasteiger partial charge in [0.25, 0.3) is 0 Å². The molecule has 0 atom stereocenters. The van der Waals surface area contributed by atoms with Gasteiger partial charge in [-0.15, -0.1) is 11.3 Å². The monoisotopic (exact) mass is 384 g/mol. The summed E-state index contributed by atoms with van der Waals surface area (Å²) >= 11 is 7.25. The fraction of sp³-hybridized carbons (Fsp3) is 0.312. The second kappa shape index (κ2) is 6.84. The number of thiophene rings is 1. The van der Waals surface area contributed by atoms with Crippen molar-refractivity contribution in [3.05, 3.63) is 45.6 Å². The maximum atomic E-state index is 12.7. The Bertz CT molecular complexity index is 846. The predicted molar refractivity (Wildman–Crippen MR) is 96.0 cm³/mol. The van der Waals surface area contributed by atoms with E-state index in [1.807, 2.05) is 6.07 Å². The first-order valence-electron chi connectivity index (χ1n) is 7.49. The molecule has 3 rings (SSSR count). The van der Waals surface area contributed by atoms with E-state index >= 15 is 0 Å². The largest absolute Gasteiger partial charge is 0.312 e. The Morgan fingerprint density at radius 1 is 1.21 bits per heavy atom. The van der Waals surface area contributed by atoms with Crippen molar-refractivity contribution in [3.8, 4) is 0 Å². The van der Waals surface area contributed by atoms with Gasteiger partial charge in [0.1, 0.15) is 0 Å². The van der Waals surface area contributed by atoms with Crippen LogP contribution in [0.5, 0.6) is 0 Å². The highest BCUT2D eigenvalue weighted by Crippen LogP contribution is 2.26. The van der Waals surface area contributed by atoms with Gasteiger partial charge in [-0.3, -0.25) is 4.79 Å². The van der Waals surface area contributed by atoms with Crippen molar-refractivity contribution in [1.82, 2.24) is 4.31 Å². The third-order valence-corrected chi connectivity index (χ3v) is 6.97. The van der Waals surface area contributed by atoms with Gasteiger partial charge in [-0.05, 0) is 42.8 Å². The second-order valence-corrected chi connectivity index (χ2v) is 9.45. The molecule has 1 aromatic heterocycles.